The van der Waals surface area contributed by atoms with Crippen LogP contribution in [0, 0.1) is 11.6 Å². The van der Waals surface area contributed by atoms with Crippen LogP contribution in [0.3, 0.4) is 0 Å². The minimum atomic E-state index is -1.46. The molecule has 0 aliphatic heterocycles. The van der Waals surface area contributed by atoms with E-state index < -0.39 is 22.4 Å². The van der Waals surface area contributed by atoms with E-state index in [9.17, 15) is 13.0 Å². The summed E-state index contributed by atoms with van der Waals surface area (Å²) in [5.41, 5.74) is 0. The molecule has 0 radical (unpaired) electrons. The van der Waals surface area contributed by atoms with Crippen LogP contribution in [0.25, 0.3) is 0 Å². The Morgan fingerprint density at radius 1 is 1.32 bits per heavy atom. The van der Waals surface area contributed by atoms with Crippen molar-refractivity contribution in [1.82, 2.24) is 5.32 Å². The Morgan fingerprint density at radius 2 is 2.00 bits per heavy atom. The third-order valence-corrected chi connectivity index (χ3v) is 4.59. The summed E-state index contributed by atoms with van der Waals surface area (Å²) in [7, 11) is -1.46. The third kappa shape index (κ3) is 4.99. The molecule has 3 unspecified atom stereocenters. The summed E-state index contributed by atoms with van der Waals surface area (Å²) in [6, 6.07) is 3.41. The van der Waals surface area contributed by atoms with E-state index in [-0.39, 0.29) is 16.2 Å². The second-order valence-corrected chi connectivity index (χ2v) is 6.61. The molecule has 108 valence electrons. The molecule has 0 amide bonds. The normalized spacial score (nSPS) is 16.1. The molecule has 1 N–H and O–H groups in total. The smallest absolute Gasteiger partial charge is 0.142 e. The summed E-state index contributed by atoms with van der Waals surface area (Å²) >= 11 is 0. The lowest BCUT2D eigenvalue weighted by molar-refractivity contribution is 0.506. The number of hydrogen-bond donors (Lipinski definition) is 1. The molecule has 0 aromatic heterocycles. The van der Waals surface area contributed by atoms with Gasteiger partial charge in [0.2, 0.25) is 0 Å². The second kappa shape index (κ2) is 7.70. The molecule has 1 aromatic carbocycles. The van der Waals surface area contributed by atoms with E-state index >= 15 is 0 Å². The zero-order valence-corrected chi connectivity index (χ0v) is 12.4. The van der Waals surface area contributed by atoms with E-state index in [1.807, 2.05) is 13.8 Å². The van der Waals surface area contributed by atoms with Gasteiger partial charge in [0.15, 0.2) is 0 Å². The molecule has 1 aromatic rings. The Morgan fingerprint density at radius 3 is 2.58 bits per heavy atom. The predicted octanol–water partition coefficient (Wildman–Crippen LogP) is 3.24. The quantitative estimate of drug-likeness (QED) is 0.835. The molecule has 19 heavy (non-hydrogen) atoms. The topological polar surface area (TPSA) is 29.1 Å². The first-order valence-corrected chi connectivity index (χ1v) is 7.76. The first-order valence-electron chi connectivity index (χ1n) is 6.54. The average molecular weight is 289 g/mol. The van der Waals surface area contributed by atoms with Crippen molar-refractivity contribution in [2.24, 2.45) is 0 Å². The van der Waals surface area contributed by atoms with Gasteiger partial charge in [0, 0.05) is 17.4 Å². The fourth-order valence-corrected chi connectivity index (χ4v) is 3.26. The maximum Gasteiger partial charge on any atom is 0.142 e. The molecule has 0 bridgehead atoms. The number of halogens is 2. The number of rotatable bonds is 7. The van der Waals surface area contributed by atoms with Crippen LogP contribution in [0.2, 0.25) is 0 Å². The SMILES string of the molecule is CCCNC(C)CC(C)S(=O)c1ccc(F)cc1F. The van der Waals surface area contributed by atoms with E-state index in [0.29, 0.717) is 6.42 Å². The minimum Gasteiger partial charge on any atom is -0.314 e. The van der Waals surface area contributed by atoms with Crippen molar-refractivity contribution in [3.05, 3.63) is 29.8 Å². The summed E-state index contributed by atoms with van der Waals surface area (Å²) in [6.45, 7) is 6.83. The predicted molar refractivity (Wildman–Crippen MR) is 74.6 cm³/mol. The van der Waals surface area contributed by atoms with Crippen LogP contribution >= 0.6 is 0 Å². The largest absolute Gasteiger partial charge is 0.314 e. The van der Waals surface area contributed by atoms with Gasteiger partial charge in [-0.25, -0.2) is 8.78 Å². The fourth-order valence-electron chi connectivity index (χ4n) is 1.91. The standard InChI is InChI=1S/C14H21F2NOS/c1-4-7-17-10(2)8-11(3)19(18)14-6-5-12(15)9-13(14)16/h5-6,9-11,17H,4,7-8H2,1-3H3. The van der Waals surface area contributed by atoms with E-state index in [1.54, 1.807) is 0 Å². The van der Waals surface area contributed by atoms with Gasteiger partial charge < -0.3 is 5.32 Å². The molecule has 0 spiro atoms. The van der Waals surface area contributed by atoms with Gasteiger partial charge in [0.05, 0.1) is 15.7 Å². The van der Waals surface area contributed by atoms with Crippen molar-refractivity contribution >= 4 is 10.8 Å². The summed E-state index contributed by atoms with van der Waals surface area (Å²) in [4.78, 5) is 0.0802. The van der Waals surface area contributed by atoms with Crippen LogP contribution in [-0.2, 0) is 10.8 Å². The molecule has 1 rings (SSSR count). The van der Waals surface area contributed by atoms with Crippen LogP contribution in [0.5, 0.6) is 0 Å². The fraction of sp³-hybridized carbons (Fsp3) is 0.571. The summed E-state index contributed by atoms with van der Waals surface area (Å²) in [6.07, 6.45) is 1.72. The molecule has 0 saturated heterocycles. The summed E-state index contributed by atoms with van der Waals surface area (Å²) < 4.78 is 38.6. The lowest BCUT2D eigenvalue weighted by Crippen LogP contribution is -2.31. The van der Waals surface area contributed by atoms with Crippen molar-refractivity contribution in [3.63, 3.8) is 0 Å². The zero-order chi connectivity index (χ0) is 14.4. The molecule has 0 heterocycles. The van der Waals surface area contributed by atoms with Crippen LogP contribution in [0.15, 0.2) is 23.1 Å². The van der Waals surface area contributed by atoms with E-state index in [1.165, 1.54) is 6.07 Å². The lowest BCUT2D eigenvalue weighted by atomic mass is 10.2. The lowest BCUT2D eigenvalue weighted by Gasteiger charge is -2.18. The molecule has 0 aliphatic rings. The van der Waals surface area contributed by atoms with Crippen molar-refractivity contribution in [1.29, 1.82) is 0 Å². The molecule has 0 aliphatic carbocycles. The highest BCUT2D eigenvalue weighted by Crippen LogP contribution is 2.19. The van der Waals surface area contributed by atoms with Crippen LogP contribution < -0.4 is 5.32 Å². The Bertz CT molecular complexity index is 439. The zero-order valence-electron chi connectivity index (χ0n) is 11.6. The van der Waals surface area contributed by atoms with Crippen LogP contribution in [0.1, 0.15) is 33.6 Å². The Kier molecular flexibility index (Phi) is 6.58. The third-order valence-electron chi connectivity index (χ3n) is 2.90. The van der Waals surface area contributed by atoms with Crippen LogP contribution in [-0.4, -0.2) is 22.0 Å². The number of hydrogen-bond acceptors (Lipinski definition) is 2. The van der Waals surface area contributed by atoms with Crippen molar-refractivity contribution in [2.45, 2.75) is 49.8 Å². The van der Waals surface area contributed by atoms with Gasteiger partial charge >= 0.3 is 0 Å². The molecule has 5 heteroatoms. The van der Waals surface area contributed by atoms with Gasteiger partial charge in [-0.3, -0.25) is 4.21 Å². The van der Waals surface area contributed by atoms with Gasteiger partial charge in [-0.1, -0.05) is 13.8 Å². The average Bonchev–Trinajstić information content (AvgIpc) is 2.35. The summed E-state index contributed by atoms with van der Waals surface area (Å²) in [5, 5.41) is 3.12. The highest BCUT2D eigenvalue weighted by atomic mass is 32.2. The van der Waals surface area contributed by atoms with Gasteiger partial charge in [0.25, 0.3) is 0 Å². The molecular weight excluding hydrogens is 268 g/mol. The molecule has 3 atom stereocenters. The van der Waals surface area contributed by atoms with Gasteiger partial charge in [-0.05, 0) is 38.4 Å². The van der Waals surface area contributed by atoms with Crippen molar-refractivity contribution < 1.29 is 13.0 Å². The van der Waals surface area contributed by atoms with E-state index in [0.717, 1.165) is 25.1 Å². The van der Waals surface area contributed by atoms with Gasteiger partial charge in [0.1, 0.15) is 11.6 Å². The Balaban J connectivity index is 2.66. The first kappa shape index (κ1) is 16.2. The van der Waals surface area contributed by atoms with Crippen LogP contribution in [0.4, 0.5) is 8.78 Å². The molecular formula is C14H21F2NOS. The minimum absolute atomic E-state index is 0.0802. The molecule has 0 saturated carbocycles. The Hall–Kier alpha value is -0.810. The van der Waals surface area contributed by atoms with Crippen molar-refractivity contribution in [2.75, 3.05) is 6.54 Å². The van der Waals surface area contributed by atoms with Gasteiger partial charge in [-0.2, -0.15) is 0 Å². The van der Waals surface area contributed by atoms with E-state index in [2.05, 4.69) is 12.2 Å². The maximum atomic E-state index is 13.6. The molecule has 2 nitrogen and oxygen atoms in total. The van der Waals surface area contributed by atoms with Crippen molar-refractivity contribution in [3.8, 4) is 0 Å². The monoisotopic (exact) mass is 289 g/mol. The number of benzene rings is 1. The first-order chi connectivity index (χ1) is 8.95. The second-order valence-electron chi connectivity index (χ2n) is 4.77. The summed E-state index contributed by atoms with van der Waals surface area (Å²) in [5.74, 6) is -1.39. The highest BCUT2D eigenvalue weighted by molar-refractivity contribution is 7.85. The maximum absolute atomic E-state index is 13.6. The number of nitrogens with one attached hydrogen (secondary N) is 1. The van der Waals surface area contributed by atoms with Gasteiger partial charge in [-0.15, -0.1) is 0 Å². The highest BCUT2D eigenvalue weighted by Gasteiger charge is 2.19. The Labute approximate surface area is 116 Å². The van der Waals surface area contributed by atoms with E-state index in [4.69, 9.17) is 0 Å². The molecule has 0 fully saturated rings.